The number of nitrogens with two attached hydrogens (primary N) is 1. The summed E-state index contributed by atoms with van der Waals surface area (Å²) in [5.74, 6) is 0.226. The van der Waals surface area contributed by atoms with E-state index in [-0.39, 0.29) is 0 Å². The molecule has 0 aliphatic heterocycles. The lowest BCUT2D eigenvalue weighted by Crippen LogP contribution is -2.06. The van der Waals surface area contributed by atoms with Crippen molar-refractivity contribution >= 4 is 34.0 Å². The maximum atomic E-state index is 11.6. The first kappa shape index (κ1) is 12.3. The van der Waals surface area contributed by atoms with E-state index in [1.54, 1.807) is 25.1 Å². The van der Waals surface area contributed by atoms with Crippen LogP contribution in [0, 0.1) is 6.92 Å². The minimum Gasteiger partial charge on any atom is -0.465 e. The number of hydrogen-bond donors (Lipinski definition) is 2. The van der Waals surface area contributed by atoms with Crippen molar-refractivity contribution in [2.24, 2.45) is 0 Å². The summed E-state index contributed by atoms with van der Waals surface area (Å²) in [4.78, 5) is 15.8. The highest BCUT2D eigenvalue weighted by Crippen LogP contribution is 2.24. The molecule has 0 atom stereocenters. The molecule has 18 heavy (non-hydrogen) atoms. The number of benzene rings is 1. The number of aryl methyl sites for hydroxylation is 1. The molecule has 0 aliphatic rings. The predicted molar refractivity (Wildman–Crippen MR) is 70.1 cm³/mol. The van der Waals surface area contributed by atoms with Crippen LogP contribution in [-0.2, 0) is 4.74 Å². The van der Waals surface area contributed by atoms with Gasteiger partial charge in [0, 0.05) is 17.2 Å². The second-order valence-corrected chi connectivity index (χ2v) is 4.32. The molecule has 0 spiro atoms. The van der Waals surface area contributed by atoms with E-state index in [1.165, 1.54) is 18.6 Å². The maximum absolute atomic E-state index is 11.6. The molecule has 0 saturated heterocycles. The van der Waals surface area contributed by atoms with Crippen LogP contribution in [0.1, 0.15) is 16.2 Å². The van der Waals surface area contributed by atoms with Gasteiger partial charge in [0.05, 0.1) is 18.4 Å². The average molecular weight is 264 g/mol. The summed E-state index contributed by atoms with van der Waals surface area (Å²) in [6, 6.07) is 4.96. The maximum Gasteiger partial charge on any atom is 0.340 e. The molecule has 0 fully saturated rings. The lowest BCUT2D eigenvalue weighted by atomic mass is 10.1. The van der Waals surface area contributed by atoms with Gasteiger partial charge in [0.2, 0.25) is 5.13 Å². The highest BCUT2D eigenvalue weighted by molar-refractivity contribution is 7.09. The van der Waals surface area contributed by atoms with Crippen LogP contribution in [0.2, 0.25) is 0 Å². The molecule has 0 unspecified atom stereocenters. The number of nitrogens with one attached hydrogen (secondary N) is 1. The fourth-order valence-electron chi connectivity index (χ4n) is 1.41. The first-order chi connectivity index (χ1) is 8.60. The van der Waals surface area contributed by atoms with Gasteiger partial charge in [-0.2, -0.15) is 4.37 Å². The Hall–Kier alpha value is -2.15. The zero-order valence-corrected chi connectivity index (χ0v) is 10.7. The Morgan fingerprint density at radius 2 is 2.28 bits per heavy atom. The number of esters is 1. The molecular formula is C11H12N4O2S. The fourth-order valence-corrected chi connectivity index (χ4v) is 2.00. The first-order valence-electron chi connectivity index (χ1n) is 5.15. The summed E-state index contributed by atoms with van der Waals surface area (Å²) in [7, 11) is 1.32. The van der Waals surface area contributed by atoms with E-state index < -0.39 is 5.97 Å². The summed E-state index contributed by atoms with van der Waals surface area (Å²) in [5.41, 5.74) is 7.11. The van der Waals surface area contributed by atoms with E-state index in [1.807, 2.05) is 0 Å². The van der Waals surface area contributed by atoms with Gasteiger partial charge < -0.3 is 15.8 Å². The Kier molecular flexibility index (Phi) is 3.42. The molecule has 3 N–H and O–H groups in total. The van der Waals surface area contributed by atoms with Crippen LogP contribution in [0.25, 0.3) is 0 Å². The second kappa shape index (κ2) is 5.01. The molecule has 1 heterocycles. The van der Waals surface area contributed by atoms with Gasteiger partial charge in [-0.15, -0.1) is 0 Å². The average Bonchev–Trinajstić information content (AvgIpc) is 2.76. The molecule has 0 bridgehead atoms. The summed E-state index contributed by atoms with van der Waals surface area (Å²) < 4.78 is 8.76. The Balaban J connectivity index is 2.35. The van der Waals surface area contributed by atoms with Crippen LogP contribution in [-0.4, -0.2) is 22.4 Å². The molecule has 1 aromatic heterocycles. The predicted octanol–water partition coefficient (Wildman–Crippen LogP) is 1.96. The molecule has 2 rings (SSSR count). The van der Waals surface area contributed by atoms with Crippen molar-refractivity contribution in [2.75, 3.05) is 18.2 Å². The number of ether oxygens (including phenoxy) is 1. The second-order valence-electron chi connectivity index (χ2n) is 3.57. The van der Waals surface area contributed by atoms with Crippen LogP contribution in [0.4, 0.5) is 16.5 Å². The molecule has 6 nitrogen and oxygen atoms in total. The van der Waals surface area contributed by atoms with Crippen molar-refractivity contribution in [3.8, 4) is 0 Å². The van der Waals surface area contributed by atoms with E-state index in [4.69, 9.17) is 10.5 Å². The molecule has 0 saturated carbocycles. The van der Waals surface area contributed by atoms with Gasteiger partial charge in [0.25, 0.3) is 0 Å². The number of nitrogens with zero attached hydrogens (tertiary/aromatic N) is 2. The third-order valence-corrected chi connectivity index (χ3v) is 2.94. The molecule has 0 aliphatic carbocycles. The van der Waals surface area contributed by atoms with Crippen molar-refractivity contribution in [1.29, 1.82) is 0 Å². The summed E-state index contributed by atoms with van der Waals surface area (Å²) in [6.45, 7) is 1.80. The third-order valence-electron chi connectivity index (χ3n) is 2.22. The lowest BCUT2D eigenvalue weighted by Gasteiger charge is -2.08. The van der Waals surface area contributed by atoms with Crippen molar-refractivity contribution < 1.29 is 9.53 Å². The normalized spacial score (nSPS) is 10.1. The lowest BCUT2D eigenvalue weighted by molar-refractivity contribution is 0.0602. The minimum absolute atomic E-state index is 0.366. The van der Waals surface area contributed by atoms with Gasteiger partial charge in [-0.1, -0.05) is 0 Å². The van der Waals surface area contributed by atoms with E-state index in [0.717, 1.165) is 0 Å². The minimum atomic E-state index is -0.453. The van der Waals surface area contributed by atoms with E-state index in [9.17, 15) is 4.79 Å². The molecule has 2 aromatic rings. The van der Waals surface area contributed by atoms with Crippen molar-refractivity contribution in [3.05, 3.63) is 29.6 Å². The molecule has 94 valence electrons. The van der Waals surface area contributed by atoms with Gasteiger partial charge in [0.15, 0.2) is 0 Å². The summed E-state index contributed by atoms with van der Waals surface area (Å²) >= 11 is 1.22. The molecule has 0 radical (unpaired) electrons. The number of anilines is 3. The number of nitrogen functional groups attached to an aromatic ring is 1. The number of methoxy groups -OCH3 is 1. The Morgan fingerprint density at radius 3 is 2.89 bits per heavy atom. The van der Waals surface area contributed by atoms with Crippen LogP contribution >= 0.6 is 11.5 Å². The van der Waals surface area contributed by atoms with Crippen molar-refractivity contribution in [3.63, 3.8) is 0 Å². The third kappa shape index (κ3) is 2.57. The zero-order valence-electron chi connectivity index (χ0n) is 9.93. The first-order valence-corrected chi connectivity index (χ1v) is 5.92. The largest absolute Gasteiger partial charge is 0.465 e. The summed E-state index contributed by atoms with van der Waals surface area (Å²) in [5, 5.41) is 3.64. The topological polar surface area (TPSA) is 90.1 Å². The van der Waals surface area contributed by atoms with Crippen molar-refractivity contribution in [1.82, 2.24) is 9.36 Å². The van der Waals surface area contributed by atoms with Crippen LogP contribution in [0.3, 0.4) is 0 Å². The van der Waals surface area contributed by atoms with E-state index in [2.05, 4.69) is 14.7 Å². The SMILES string of the molecule is COC(=O)c1cc(N)ccc1Nc1nc(C)ns1. The number of aromatic nitrogens is 2. The van der Waals surface area contributed by atoms with Gasteiger partial charge in [0.1, 0.15) is 5.82 Å². The van der Waals surface area contributed by atoms with Gasteiger partial charge >= 0.3 is 5.97 Å². The van der Waals surface area contributed by atoms with Crippen LogP contribution in [0.5, 0.6) is 0 Å². The van der Waals surface area contributed by atoms with Gasteiger partial charge in [-0.05, 0) is 25.1 Å². The smallest absolute Gasteiger partial charge is 0.340 e. The zero-order chi connectivity index (χ0) is 13.1. The summed E-state index contributed by atoms with van der Waals surface area (Å²) in [6.07, 6.45) is 0. The van der Waals surface area contributed by atoms with Crippen LogP contribution in [0.15, 0.2) is 18.2 Å². The molecule has 7 heteroatoms. The van der Waals surface area contributed by atoms with Crippen molar-refractivity contribution in [2.45, 2.75) is 6.92 Å². The fraction of sp³-hybridized carbons (Fsp3) is 0.182. The highest BCUT2D eigenvalue weighted by Gasteiger charge is 2.13. The van der Waals surface area contributed by atoms with Gasteiger partial charge in [-0.25, -0.2) is 9.78 Å². The Morgan fingerprint density at radius 1 is 1.50 bits per heavy atom. The van der Waals surface area contributed by atoms with E-state index in [0.29, 0.717) is 27.9 Å². The molecule has 1 aromatic carbocycles. The van der Waals surface area contributed by atoms with Crippen LogP contribution < -0.4 is 11.1 Å². The monoisotopic (exact) mass is 264 g/mol. The highest BCUT2D eigenvalue weighted by atomic mass is 32.1. The molecule has 0 amide bonds. The quantitative estimate of drug-likeness (QED) is 0.650. The number of rotatable bonds is 3. The number of carbonyl (C=O) groups is 1. The Bertz CT molecular complexity index is 582. The number of hydrogen-bond acceptors (Lipinski definition) is 7. The van der Waals surface area contributed by atoms with Gasteiger partial charge in [-0.3, -0.25) is 0 Å². The standard InChI is InChI=1S/C11H12N4O2S/c1-6-13-11(18-15-6)14-9-4-3-7(12)5-8(9)10(16)17-2/h3-5H,12H2,1-2H3,(H,13,14,15). The Labute approximate surface area is 108 Å². The van der Waals surface area contributed by atoms with E-state index >= 15 is 0 Å². The molecular weight excluding hydrogens is 252 g/mol. The number of carbonyl (C=O) groups excluding carboxylic acids is 1.